The summed E-state index contributed by atoms with van der Waals surface area (Å²) >= 11 is 0. The highest BCUT2D eigenvalue weighted by Crippen LogP contribution is 2.38. The molecule has 0 saturated heterocycles. The van der Waals surface area contributed by atoms with Crippen LogP contribution >= 0.6 is 0 Å². The second-order valence-corrected chi connectivity index (χ2v) is 6.14. The van der Waals surface area contributed by atoms with E-state index in [4.69, 9.17) is 14.2 Å². The molecule has 1 aliphatic heterocycles. The van der Waals surface area contributed by atoms with Gasteiger partial charge in [-0.3, -0.25) is 14.9 Å². The molecule has 1 aliphatic rings. The number of nitro groups is 1. The molecule has 0 bridgehead atoms. The zero-order valence-corrected chi connectivity index (χ0v) is 15.5. The molecule has 0 spiro atoms. The van der Waals surface area contributed by atoms with Gasteiger partial charge in [0.1, 0.15) is 0 Å². The molecule has 0 aromatic heterocycles. The number of ether oxygens (including phenoxy) is 3. The summed E-state index contributed by atoms with van der Waals surface area (Å²) in [6.45, 7) is 1.72. The van der Waals surface area contributed by atoms with E-state index >= 15 is 0 Å². The van der Waals surface area contributed by atoms with Crippen molar-refractivity contribution in [2.24, 2.45) is 0 Å². The Balaban J connectivity index is 1.59. The third kappa shape index (κ3) is 5.10. The summed E-state index contributed by atoms with van der Waals surface area (Å²) in [5, 5.41) is 13.9. The van der Waals surface area contributed by atoms with E-state index in [0.29, 0.717) is 12.3 Å². The number of hydrogen-bond donors (Lipinski definition) is 1. The fourth-order valence-corrected chi connectivity index (χ4v) is 2.59. The van der Waals surface area contributed by atoms with Gasteiger partial charge in [-0.25, -0.2) is 4.79 Å². The Morgan fingerprint density at radius 2 is 1.93 bits per heavy atom. The first-order chi connectivity index (χ1) is 13.9. The van der Waals surface area contributed by atoms with E-state index < -0.39 is 22.9 Å². The van der Waals surface area contributed by atoms with Crippen LogP contribution in [0.4, 0.5) is 5.69 Å². The first-order valence-electron chi connectivity index (χ1n) is 8.72. The summed E-state index contributed by atoms with van der Waals surface area (Å²) in [6.07, 6.45) is 1.23. The average molecular weight is 398 g/mol. The van der Waals surface area contributed by atoms with Gasteiger partial charge in [-0.15, -0.1) is 0 Å². The Hall–Kier alpha value is -3.88. The number of rotatable bonds is 7. The Kier molecular flexibility index (Phi) is 6.08. The smallest absolute Gasteiger partial charge is 0.331 e. The molecule has 2 aromatic rings. The van der Waals surface area contributed by atoms with Crippen molar-refractivity contribution in [1.29, 1.82) is 0 Å². The lowest BCUT2D eigenvalue weighted by atomic mass is 10.1. The molecule has 0 saturated carbocycles. The second kappa shape index (κ2) is 8.87. The minimum atomic E-state index is -1.03. The molecule has 0 unspecified atom stereocenters. The van der Waals surface area contributed by atoms with E-state index in [1.165, 1.54) is 25.1 Å². The SMILES string of the molecule is C[C@H](OC(=O)/C=C/c1cc2c(cc1[N+](=O)[O-])OCO2)C(=O)NCc1ccccc1. The molecule has 3 rings (SSSR count). The third-order valence-corrected chi connectivity index (χ3v) is 4.09. The van der Waals surface area contributed by atoms with Crippen LogP contribution in [0.2, 0.25) is 0 Å². The van der Waals surface area contributed by atoms with Crippen molar-refractivity contribution in [3.8, 4) is 11.5 Å². The van der Waals surface area contributed by atoms with Gasteiger partial charge >= 0.3 is 5.97 Å². The highest BCUT2D eigenvalue weighted by atomic mass is 16.7. The number of nitrogens with one attached hydrogen (secondary N) is 1. The lowest BCUT2D eigenvalue weighted by Crippen LogP contribution is -2.35. The molecule has 0 aliphatic carbocycles. The molecular formula is C20H18N2O7. The van der Waals surface area contributed by atoms with Gasteiger partial charge in [0.05, 0.1) is 16.6 Å². The van der Waals surface area contributed by atoms with E-state index in [1.54, 1.807) is 0 Å². The summed E-state index contributed by atoms with van der Waals surface area (Å²) in [5.74, 6) is -0.651. The number of carbonyl (C=O) groups is 2. The monoisotopic (exact) mass is 398 g/mol. The highest BCUT2D eigenvalue weighted by molar-refractivity contribution is 5.91. The van der Waals surface area contributed by atoms with Gasteiger partial charge in [0.25, 0.3) is 11.6 Å². The molecule has 9 nitrogen and oxygen atoms in total. The first kappa shape index (κ1) is 19.9. The van der Waals surface area contributed by atoms with Gasteiger partial charge in [0, 0.05) is 12.6 Å². The van der Waals surface area contributed by atoms with Crippen LogP contribution in [-0.4, -0.2) is 29.7 Å². The number of hydrogen-bond acceptors (Lipinski definition) is 7. The summed E-state index contributed by atoms with van der Waals surface area (Å²) in [7, 11) is 0. The van der Waals surface area contributed by atoms with Crippen LogP contribution in [0.15, 0.2) is 48.5 Å². The predicted molar refractivity (Wildman–Crippen MR) is 102 cm³/mol. The van der Waals surface area contributed by atoms with E-state index in [0.717, 1.165) is 11.6 Å². The van der Waals surface area contributed by atoms with Crippen molar-refractivity contribution in [1.82, 2.24) is 5.32 Å². The zero-order valence-electron chi connectivity index (χ0n) is 15.5. The molecule has 1 atom stereocenters. The van der Waals surface area contributed by atoms with Crippen molar-refractivity contribution < 1.29 is 28.7 Å². The minimum absolute atomic E-state index is 0.0305. The van der Waals surface area contributed by atoms with Gasteiger partial charge < -0.3 is 19.5 Å². The van der Waals surface area contributed by atoms with Crippen LogP contribution in [0.25, 0.3) is 6.08 Å². The molecule has 1 N–H and O–H groups in total. The van der Waals surface area contributed by atoms with Crippen LogP contribution in [0.5, 0.6) is 11.5 Å². The van der Waals surface area contributed by atoms with Crippen LogP contribution < -0.4 is 14.8 Å². The van der Waals surface area contributed by atoms with Gasteiger partial charge in [-0.05, 0) is 24.6 Å². The maximum Gasteiger partial charge on any atom is 0.331 e. The molecular weight excluding hydrogens is 380 g/mol. The molecule has 1 amide bonds. The highest BCUT2D eigenvalue weighted by Gasteiger charge is 2.22. The minimum Gasteiger partial charge on any atom is -0.454 e. The molecule has 9 heteroatoms. The number of benzene rings is 2. The summed E-state index contributed by atoms with van der Waals surface area (Å²) < 4.78 is 15.4. The summed E-state index contributed by atoms with van der Waals surface area (Å²) in [4.78, 5) is 34.7. The van der Waals surface area contributed by atoms with Crippen LogP contribution in [0.3, 0.4) is 0 Å². The Labute approximate surface area is 166 Å². The maximum absolute atomic E-state index is 12.1. The molecule has 1 heterocycles. The molecule has 0 radical (unpaired) electrons. The maximum atomic E-state index is 12.1. The Morgan fingerprint density at radius 1 is 1.24 bits per heavy atom. The van der Waals surface area contributed by atoms with E-state index in [1.807, 2.05) is 30.3 Å². The number of nitrogens with zero attached hydrogens (tertiary/aromatic N) is 1. The van der Waals surface area contributed by atoms with Crippen molar-refractivity contribution >= 4 is 23.6 Å². The van der Waals surface area contributed by atoms with Crippen molar-refractivity contribution in [3.63, 3.8) is 0 Å². The third-order valence-electron chi connectivity index (χ3n) is 4.09. The average Bonchev–Trinajstić information content (AvgIpc) is 3.17. The molecule has 0 fully saturated rings. The van der Waals surface area contributed by atoms with Gasteiger partial charge in [-0.2, -0.15) is 0 Å². The second-order valence-electron chi connectivity index (χ2n) is 6.14. The lowest BCUT2D eigenvalue weighted by molar-refractivity contribution is -0.385. The van der Waals surface area contributed by atoms with Gasteiger partial charge in [-0.1, -0.05) is 30.3 Å². The zero-order chi connectivity index (χ0) is 20.8. The first-order valence-corrected chi connectivity index (χ1v) is 8.72. The van der Waals surface area contributed by atoms with Gasteiger partial charge in [0.2, 0.25) is 6.79 Å². The standard InChI is InChI=1S/C20H18N2O7/c1-13(20(24)21-11-14-5-3-2-4-6-14)29-19(23)8-7-15-9-17-18(28-12-27-17)10-16(15)22(25)26/h2-10,13H,11-12H2,1H3,(H,21,24)/b8-7+/t13-/m0/s1. The van der Waals surface area contributed by atoms with Crippen LogP contribution in [0, 0.1) is 10.1 Å². The van der Waals surface area contributed by atoms with Crippen molar-refractivity contribution in [2.75, 3.05) is 6.79 Å². The quantitative estimate of drug-likeness (QED) is 0.330. The number of nitro benzene ring substituents is 1. The normalized spacial score (nSPS) is 13.1. The number of fused-ring (bicyclic) bond motifs is 1. The van der Waals surface area contributed by atoms with E-state index in [2.05, 4.69) is 5.32 Å². The van der Waals surface area contributed by atoms with E-state index in [-0.39, 0.29) is 23.8 Å². The molecule has 2 aromatic carbocycles. The largest absolute Gasteiger partial charge is 0.454 e. The number of carbonyl (C=O) groups excluding carboxylic acids is 2. The fraction of sp³-hybridized carbons (Fsp3) is 0.200. The number of esters is 1. The lowest BCUT2D eigenvalue weighted by Gasteiger charge is -2.12. The molecule has 150 valence electrons. The predicted octanol–water partition coefficient (Wildman–Crippen LogP) is 2.58. The van der Waals surface area contributed by atoms with Crippen LogP contribution in [-0.2, 0) is 20.9 Å². The van der Waals surface area contributed by atoms with Crippen molar-refractivity contribution in [3.05, 3.63) is 69.8 Å². The molecule has 29 heavy (non-hydrogen) atoms. The van der Waals surface area contributed by atoms with Crippen molar-refractivity contribution in [2.45, 2.75) is 19.6 Å². The topological polar surface area (TPSA) is 117 Å². The Bertz CT molecular complexity index is 957. The fourth-order valence-electron chi connectivity index (χ4n) is 2.59. The Morgan fingerprint density at radius 3 is 2.62 bits per heavy atom. The van der Waals surface area contributed by atoms with Crippen LogP contribution in [0.1, 0.15) is 18.1 Å². The number of amides is 1. The van der Waals surface area contributed by atoms with E-state index in [9.17, 15) is 19.7 Å². The summed E-state index contributed by atoms with van der Waals surface area (Å²) in [5.41, 5.74) is 0.818. The van der Waals surface area contributed by atoms with Gasteiger partial charge in [0.15, 0.2) is 17.6 Å². The summed E-state index contributed by atoms with van der Waals surface area (Å²) in [6, 6.07) is 11.9.